The molecule has 2 rings (SSSR count). The van der Waals surface area contributed by atoms with Gasteiger partial charge in [-0.1, -0.05) is 6.07 Å². The highest BCUT2D eigenvalue weighted by Gasteiger charge is 2.04. The topological polar surface area (TPSA) is 50.7 Å². The third kappa shape index (κ3) is 4.68. The summed E-state index contributed by atoms with van der Waals surface area (Å²) in [6.07, 6.45) is 0. The SMILES string of the molecule is C/C(=N/NC(=O)COc1cccc(F)c1)c1ccc(C)s1. The largest absolute Gasteiger partial charge is 0.484 e. The summed E-state index contributed by atoms with van der Waals surface area (Å²) < 4.78 is 18.1. The molecule has 6 heteroatoms. The van der Waals surface area contributed by atoms with Gasteiger partial charge < -0.3 is 4.74 Å². The van der Waals surface area contributed by atoms with Crippen LogP contribution in [0, 0.1) is 12.7 Å². The molecule has 0 saturated heterocycles. The van der Waals surface area contributed by atoms with Crippen LogP contribution in [0.3, 0.4) is 0 Å². The van der Waals surface area contributed by atoms with Crippen molar-refractivity contribution in [3.63, 3.8) is 0 Å². The summed E-state index contributed by atoms with van der Waals surface area (Å²) in [5.74, 6) is -0.499. The first-order valence-electron chi connectivity index (χ1n) is 6.33. The number of hydrogen-bond acceptors (Lipinski definition) is 4. The van der Waals surface area contributed by atoms with Crippen LogP contribution in [0.2, 0.25) is 0 Å². The van der Waals surface area contributed by atoms with Crippen LogP contribution < -0.4 is 10.2 Å². The van der Waals surface area contributed by atoms with E-state index in [1.807, 2.05) is 26.0 Å². The lowest BCUT2D eigenvalue weighted by atomic mass is 10.3. The van der Waals surface area contributed by atoms with Crippen molar-refractivity contribution in [2.75, 3.05) is 6.61 Å². The van der Waals surface area contributed by atoms with E-state index in [1.54, 1.807) is 17.4 Å². The number of hydrazone groups is 1. The lowest BCUT2D eigenvalue weighted by Crippen LogP contribution is -2.25. The number of nitrogens with one attached hydrogen (secondary N) is 1. The number of carbonyl (C=O) groups excluding carboxylic acids is 1. The number of halogens is 1. The summed E-state index contributed by atoms with van der Waals surface area (Å²) in [6.45, 7) is 3.61. The molecule has 0 aliphatic rings. The summed E-state index contributed by atoms with van der Waals surface area (Å²) >= 11 is 1.60. The maximum Gasteiger partial charge on any atom is 0.277 e. The Morgan fingerprint density at radius 1 is 1.38 bits per heavy atom. The van der Waals surface area contributed by atoms with Crippen LogP contribution >= 0.6 is 11.3 Å². The number of hydrogen-bond donors (Lipinski definition) is 1. The van der Waals surface area contributed by atoms with E-state index in [2.05, 4.69) is 10.5 Å². The van der Waals surface area contributed by atoms with Crippen molar-refractivity contribution in [2.45, 2.75) is 13.8 Å². The van der Waals surface area contributed by atoms with Gasteiger partial charge in [-0.15, -0.1) is 11.3 Å². The highest BCUT2D eigenvalue weighted by Crippen LogP contribution is 2.15. The fourth-order valence-electron chi connectivity index (χ4n) is 1.57. The van der Waals surface area contributed by atoms with Crippen molar-refractivity contribution >= 4 is 23.0 Å². The second-order valence-corrected chi connectivity index (χ2v) is 5.68. The maximum absolute atomic E-state index is 12.9. The molecule has 1 aromatic carbocycles. The quantitative estimate of drug-likeness (QED) is 0.681. The molecule has 2 aromatic rings. The number of nitrogens with zero attached hydrogens (tertiary/aromatic N) is 1. The molecule has 0 saturated carbocycles. The third-order valence-corrected chi connectivity index (χ3v) is 3.72. The van der Waals surface area contributed by atoms with E-state index in [1.165, 1.54) is 23.1 Å². The van der Waals surface area contributed by atoms with Gasteiger partial charge in [0.1, 0.15) is 11.6 Å². The van der Waals surface area contributed by atoms with Crippen LogP contribution in [0.4, 0.5) is 4.39 Å². The molecule has 0 aliphatic carbocycles. The minimum absolute atomic E-state index is 0.219. The Hall–Kier alpha value is -2.21. The maximum atomic E-state index is 12.9. The Morgan fingerprint density at radius 2 is 2.19 bits per heavy atom. The fraction of sp³-hybridized carbons (Fsp3) is 0.200. The fourth-order valence-corrected chi connectivity index (χ4v) is 2.38. The Kier molecular flexibility index (Phi) is 5.05. The Labute approximate surface area is 126 Å². The van der Waals surface area contributed by atoms with Crippen molar-refractivity contribution in [3.05, 3.63) is 52.0 Å². The molecule has 1 N–H and O–H groups in total. The molecule has 0 unspecified atom stereocenters. The average Bonchev–Trinajstić information content (AvgIpc) is 2.89. The summed E-state index contributed by atoms with van der Waals surface area (Å²) in [6, 6.07) is 9.57. The standard InChI is InChI=1S/C15H15FN2O2S/c1-10-6-7-14(21-10)11(2)17-18-15(19)9-20-13-5-3-4-12(16)8-13/h3-8H,9H2,1-2H3,(H,18,19)/b17-11-. The first-order valence-corrected chi connectivity index (χ1v) is 7.14. The summed E-state index contributed by atoms with van der Waals surface area (Å²) in [4.78, 5) is 13.8. The highest BCUT2D eigenvalue weighted by atomic mass is 32.1. The molecule has 0 fully saturated rings. The van der Waals surface area contributed by atoms with Crippen LogP contribution in [0.1, 0.15) is 16.7 Å². The minimum Gasteiger partial charge on any atom is -0.484 e. The highest BCUT2D eigenvalue weighted by molar-refractivity contribution is 7.14. The molecular formula is C15H15FN2O2S. The summed E-state index contributed by atoms with van der Waals surface area (Å²) in [7, 11) is 0. The van der Waals surface area contributed by atoms with Crippen LogP contribution in [0.5, 0.6) is 5.75 Å². The van der Waals surface area contributed by atoms with Gasteiger partial charge in [-0.3, -0.25) is 4.79 Å². The van der Waals surface area contributed by atoms with E-state index >= 15 is 0 Å². The number of amides is 1. The number of aryl methyl sites for hydroxylation is 1. The molecule has 4 nitrogen and oxygen atoms in total. The number of benzene rings is 1. The van der Waals surface area contributed by atoms with Crippen molar-refractivity contribution in [1.29, 1.82) is 0 Å². The number of carbonyl (C=O) groups is 1. The van der Waals surface area contributed by atoms with Gasteiger partial charge in [-0.2, -0.15) is 5.10 Å². The smallest absolute Gasteiger partial charge is 0.277 e. The van der Waals surface area contributed by atoms with Crippen LogP contribution in [0.25, 0.3) is 0 Å². The van der Waals surface area contributed by atoms with Gasteiger partial charge in [0.25, 0.3) is 5.91 Å². The van der Waals surface area contributed by atoms with E-state index in [-0.39, 0.29) is 6.61 Å². The van der Waals surface area contributed by atoms with Crippen molar-refractivity contribution in [1.82, 2.24) is 5.43 Å². The average molecular weight is 306 g/mol. The normalized spacial score (nSPS) is 11.3. The van der Waals surface area contributed by atoms with Gasteiger partial charge in [0, 0.05) is 10.9 Å². The van der Waals surface area contributed by atoms with E-state index < -0.39 is 11.7 Å². The molecule has 1 heterocycles. The molecule has 1 amide bonds. The van der Waals surface area contributed by atoms with Gasteiger partial charge >= 0.3 is 0 Å². The van der Waals surface area contributed by atoms with Crippen molar-refractivity contribution in [2.24, 2.45) is 5.10 Å². The third-order valence-electron chi connectivity index (χ3n) is 2.61. The monoisotopic (exact) mass is 306 g/mol. The Bertz CT molecular complexity index is 667. The first-order chi connectivity index (χ1) is 10.0. The minimum atomic E-state index is -0.408. The van der Waals surface area contributed by atoms with Crippen LogP contribution in [-0.4, -0.2) is 18.2 Å². The summed E-state index contributed by atoms with van der Waals surface area (Å²) in [5.41, 5.74) is 3.14. The number of thiophene rings is 1. The van der Waals surface area contributed by atoms with Gasteiger partial charge in [-0.25, -0.2) is 9.82 Å². The predicted molar refractivity (Wildman–Crippen MR) is 81.3 cm³/mol. The molecule has 0 bridgehead atoms. The van der Waals surface area contributed by atoms with Gasteiger partial charge in [0.2, 0.25) is 0 Å². The molecule has 0 atom stereocenters. The lowest BCUT2D eigenvalue weighted by molar-refractivity contribution is -0.123. The Morgan fingerprint density at radius 3 is 2.86 bits per heavy atom. The van der Waals surface area contributed by atoms with Crippen LogP contribution in [0.15, 0.2) is 41.5 Å². The zero-order chi connectivity index (χ0) is 15.2. The Balaban J connectivity index is 1.84. The molecule has 1 aromatic heterocycles. The van der Waals surface area contributed by atoms with Crippen molar-refractivity contribution < 1.29 is 13.9 Å². The van der Waals surface area contributed by atoms with Gasteiger partial charge in [0.05, 0.1) is 10.6 Å². The van der Waals surface area contributed by atoms with E-state index in [9.17, 15) is 9.18 Å². The summed E-state index contributed by atoms with van der Waals surface area (Å²) in [5, 5.41) is 4.01. The van der Waals surface area contributed by atoms with Gasteiger partial charge in [-0.05, 0) is 38.1 Å². The van der Waals surface area contributed by atoms with Crippen molar-refractivity contribution in [3.8, 4) is 5.75 Å². The molecule has 21 heavy (non-hydrogen) atoms. The van der Waals surface area contributed by atoms with E-state index in [4.69, 9.17) is 4.74 Å². The zero-order valence-electron chi connectivity index (χ0n) is 11.7. The van der Waals surface area contributed by atoms with Gasteiger partial charge in [0.15, 0.2) is 6.61 Å². The first kappa shape index (κ1) is 15.2. The molecule has 110 valence electrons. The lowest BCUT2D eigenvalue weighted by Gasteiger charge is -2.05. The number of ether oxygens (including phenoxy) is 1. The predicted octanol–water partition coefficient (Wildman–Crippen LogP) is 3.11. The zero-order valence-corrected chi connectivity index (χ0v) is 12.5. The second kappa shape index (κ2) is 6.99. The molecular weight excluding hydrogens is 291 g/mol. The van der Waals surface area contributed by atoms with E-state index in [0.29, 0.717) is 5.75 Å². The molecule has 0 aliphatic heterocycles. The molecule has 0 spiro atoms. The van der Waals surface area contributed by atoms with Crippen LogP contribution in [-0.2, 0) is 4.79 Å². The van der Waals surface area contributed by atoms with E-state index in [0.717, 1.165) is 10.6 Å². The number of rotatable bonds is 5. The molecule has 0 radical (unpaired) electrons. The second-order valence-electron chi connectivity index (χ2n) is 4.39.